The van der Waals surface area contributed by atoms with E-state index in [9.17, 15) is 0 Å². The molecule has 4 aromatic carbocycles. The Morgan fingerprint density at radius 3 is 1.57 bits per heavy atom. The lowest BCUT2D eigenvalue weighted by molar-refractivity contribution is 0.315. The summed E-state index contributed by atoms with van der Waals surface area (Å²) in [5, 5.41) is 0. The molecule has 1 unspecified atom stereocenters. The summed E-state index contributed by atoms with van der Waals surface area (Å²) in [6.45, 7) is 1.04. The number of anilines is 1. The van der Waals surface area contributed by atoms with Crippen molar-refractivity contribution >= 4 is 5.69 Å². The van der Waals surface area contributed by atoms with Crippen molar-refractivity contribution < 1.29 is 0 Å². The molecule has 0 spiro atoms. The molecule has 0 aromatic heterocycles. The van der Waals surface area contributed by atoms with Gasteiger partial charge in [-0.2, -0.15) is 0 Å². The molecule has 0 amide bonds. The molecule has 1 saturated heterocycles. The minimum atomic E-state index is -0.260. The van der Waals surface area contributed by atoms with Gasteiger partial charge in [-0.25, -0.2) is 0 Å². The minimum absolute atomic E-state index is 0.260. The first kappa shape index (κ1) is 18.7. The fourth-order valence-corrected chi connectivity index (χ4v) is 5.33. The molecular formula is C29H27N. The summed E-state index contributed by atoms with van der Waals surface area (Å²) in [6.07, 6.45) is 2.34. The Morgan fingerprint density at radius 1 is 0.567 bits per heavy atom. The first-order chi connectivity index (χ1) is 14.9. The van der Waals surface area contributed by atoms with E-state index in [1.54, 1.807) is 0 Å². The zero-order valence-corrected chi connectivity index (χ0v) is 17.2. The SMILES string of the molecule is c1ccc(C2CCCN(c3ccccc3)C2(c2ccccc2)c2ccccc2)cc1. The second kappa shape index (κ2) is 8.20. The first-order valence-corrected chi connectivity index (χ1v) is 10.9. The van der Waals surface area contributed by atoms with Crippen molar-refractivity contribution in [2.45, 2.75) is 24.3 Å². The van der Waals surface area contributed by atoms with Crippen molar-refractivity contribution in [2.75, 3.05) is 11.4 Å². The van der Waals surface area contributed by atoms with Crippen molar-refractivity contribution in [3.8, 4) is 0 Å². The van der Waals surface area contributed by atoms with Gasteiger partial charge >= 0.3 is 0 Å². The quantitative estimate of drug-likeness (QED) is 0.363. The summed E-state index contributed by atoms with van der Waals surface area (Å²) in [5.41, 5.74) is 5.14. The Bertz CT molecular complexity index is 969. The van der Waals surface area contributed by atoms with E-state index in [0.29, 0.717) is 5.92 Å². The van der Waals surface area contributed by atoms with Gasteiger partial charge in [0.2, 0.25) is 0 Å². The second-order valence-electron chi connectivity index (χ2n) is 8.09. The van der Waals surface area contributed by atoms with Crippen molar-refractivity contribution in [3.05, 3.63) is 138 Å². The molecule has 148 valence electrons. The van der Waals surface area contributed by atoms with E-state index in [2.05, 4.69) is 126 Å². The minimum Gasteiger partial charge on any atom is -0.357 e. The third-order valence-electron chi connectivity index (χ3n) is 6.50. The maximum atomic E-state index is 2.65. The Morgan fingerprint density at radius 2 is 1.03 bits per heavy atom. The molecule has 1 heterocycles. The Kier molecular flexibility index (Phi) is 5.11. The molecule has 30 heavy (non-hydrogen) atoms. The van der Waals surface area contributed by atoms with Gasteiger partial charge in [0, 0.05) is 18.2 Å². The van der Waals surface area contributed by atoms with Crippen molar-refractivity contribution in [1.82, 2.24) is 0 Å². The second-order valence-corrected chi connectivity index (χ2v) is 8.09. The average Bonchev–Trinajstić information content (AvgIpc) is 2.85. The lowest BCUT2D eigenvalue weighted by atomic mass is 9.65. The molecule has 1 heteroatoms. The molecule has 1 atom stereocenters. The summed E-state index contributed by atoms with van der Waals surface area (Å²) in [4.78, 5) is 2.65. The van der Waals surface area contributed by atoms with Gasteiger partial charge in [-0.1, -0.05) is 109 Å². The molecule has 0 bridgehead atoms. The van der Waals surface area contributed by atoms with Crippen molar-refractivity contribution in [2.24, 2.45) is 0 Å². The number of nitrogens with zero attached hydrogens (tertiary/aromatic N) is 1. The van der Waals surface area contributed by atoms with Crippen LogP contribution >= 0.6 is 0 Å². The molecule has 5 rings (SSSR count). The van der Waals surface area contributed by atoms with E-state index in [0.717, 1.165) is 13.0 Å². The highest BCUT2D eigenvalue weighted by Crippen LogP contribution is 2.53. The molecule has 1 nitrogen and oxygen atoms in total. The topological polar surface area (TPSA) is 3.24 Å². The number of hydrogen-bond acceptors (Lipinski definition) is 1. The molecule has 1 aliphatic heterocycles. The Hall–Kier alpha value is -3.32. The third kappa shape index (κ3) is 3.11. The molecule has 0 radical (unpaired) electrons. The van der Waals surface area contributed by atoms with E-state index >= 15 is 0 Å². The largest absolute Gasteiger partial charge is 0.357 e. The Labute approximate surface area is 179 Å². The normalized spacial score (nSPS) is 18.1. The first-order valence-electron chi connectivity index (χ1n) is 10.9. The lowest BCUT2D eigenvalue weighted by Gasteiger charge is -2.54. The van der Waals surface area contributed by atoms with Crippen molar-refractivity contribution in [3.63, 3.8) is 0 Å². The maximum absolute atomic E-state index is 2.65. The summed E-state index contributed by atoms with van der Waals surface area (Å²) < 4.78 is 0. The van der Waals surface area contributed by atoms with Crippen LogP contribution in [-0.2, 0) is 5.54 Å². The van der Waals surface area contributed by atoms with Gasteiger partial charge in [0.1, 0.15) is 0 Å². The van der Waals surface area contributed by atoms with Gasteiger partial charge < -0.3 is 4.90 Å². The van der Waals surface area contributed by atoms with Crippen LogP contribution in [0.3, 0.4) is 0 Å². The van der Waals surface area contributed by atoms with Gasteiger partial charge in [-0.3, -0.25) is 0 Å². The van der Waals surface area contributed by atoms with Crippen LogP contribution in [0.25, 0.3) is 0 Å². The van der Waals surface area contributed by atoms with Crippen LogP contribution in [0.2, 0.25) is 0 Å². The van der Waals surface area contributed by atoms with Crippen LogP contribution in [0, 0.1) is 0 Å². The van der Waals surface area contributed by atoms with Crippen LogP contribution in [-0.4, -0.2) is 6.54 Å². The molecule has 4 aromatic rings. The summed E-state index contributed by atoms with van der Waals surface area (Å²) in [6, 6.07) is 44.2. The molecular weight excluding hydrogens is 362 g/mol. The number of hydrogen-bond donors (Lipinski definition) is 0. The highest BCUT2D eigenvalue weighted by Gasteiger charge is 2.49. The molecule has 0 N–H and O–H groups in total. The van der Waals surface area contributed by atoms with Gasteiger partial charge in [0.25, 0.3) is 0 Å². The third-order valence-corrected chi connectivity index (χ3v) is 6.50. The van der Waals surface area contributed by atoms with Crippen LogP contribution in [0.1, 0.15) is 35.4 Å². The molecule has 0 saturated carbocycles. The predicted octanol–water partition coefficient (Wildman–Crippen LogP) is 7.01. The fourth-order valence-electron chi connectivity index (χ4n) is 5.33. The predicted molar refractivity (Wildman–Crippen MR) is 126 cm³/mol. The molecule has 1 aliphatic rings. The fraction of sp³-hybridized carbons (Fsp3) is 0.172. The molecule has 0 aliphatic carbocycles. The monoisotopic (exact) mass is 389 g/mol. The number of para-hydroxylation sites is 1. The van der Waals surface area contributed by atoms with Gasteiger partial charge in [0.15, 0.2) is 0 Å². The van der Waals surface area contributed by atoms with Crippen molar-refractivity contribution in [1.29, 1.82) is 0 Å². The van der Waals surface area contributed by atoms with E-state index in [4.69, 9.17) is 0 Å². The number of piperidine rings is 1. The highest BCUT2D eigenvalue weighted by molar-refractivity contribution is 5.60. The zero-order chi connectivity index (χ0) is 20.2. The summed E-state index contributed by atoms with van der Waals surface area (Å²) in [7, 11) is 0. The van der Waals surface area contributed by atoms with Crippen LogP contribution in [0.4, 0.5) is 5.69 Å². The van der Waals surface area contributed by atoms with E-state index < -0.39 is 0 Å². The molecule has 1 fully saturated rings. The summed E-state index contributed by atoms with van der Waals surface area (Å²) in [5.74, 6) is 0.359. The van der Waals surface area contributed by atoms with E-state index in [1.165, 1.54) is 28.8 Å². The van der Waals surface area contributed by atoms with Gasteiger partial charge in [-0.05, 0) is 41.7 Å². The Balaban J connectivity index is 1.83. The van der Waals surface area contributed by atoms with E-state index in [1.807, 2.05) is 0 Å². The summed E-state index contributed by atoms with van der Waals surface area (Å²) >= 11 is 0. The van der Waals surface area contributed by atoms with Crippen LogP contribution in [0.5, 0.6) is 0 Å². The van der Waals surface area contributed by atoms with Crippen LogP contribution < -0.4 is 4.90 Å². The van der Waals surface area contributed by atoms with Gasteiger partial charge in [-0.15, -0.1) is 0 Å². The maximum Gasteiger partial charge on any atom is 0.0974 e. The van der Waals surface area contributed by atoms with E-state index in [-0.39, 0.29) is 5.54 Å². The lowest BCUT2D eigenvalue weighted by Crippen LogP contribution is -2.55. The average molecular weight is 390 g/mol. The highest BCUT2D eigenvalue weighted by atomic mass is 15.2. The zero-order valence-electron chi connectivity index (χ0n) is 17.2. The van der Waals surface area contributed by atoms with Gasteiger partial charge in [0.05, 0.1) is 5.54 Å². The number of rotatable bonds is 4. The number of benzene rings is 4. The van der Waals surface area contributed by atoms with Crippen LogP contribution in [0.15, 0.2) is 121 Å². The standard InChI is InChI=1S/C29H27N/c1-5-14-24(15-6-1)28-22-13-23-30(27-20-11-4-12-21-27)29(28,25-16-7-2-8-17-25)26-18-9-3-10-19-26/h1-12,14-21,28H,13,22-23H2. The smallest absolute Gasteiger partial charge is 0.0974 e.